The smallest absolute Gasteiger partial charge is 0.162 e. The Balaban J connectivity index is 1.43. The van der Waals surface area contributed by atoms with E-state index >= 15 is 0 Å². The molecule has 4 aromatic rings. The van der Waals surface area contributed by atoms with Crippen molar-refractivity contribution in [2.75, 3.05) is 0 Å². The minimum Gasteiger partial charge on any atom is -0.389 e. The number of aromatic nitrogens is 6. The van der Waals surface area contributed by atoms with Crippen molar-refractivity contribution >= 4 is 21.6 Å². The summed E-state index contributed by atoms with van der Waals surface area (Å²) in [7, 11) is 0. The molecule has 9 heteroatoms. The van der Waals surface area contributed by atoms with Crippen LogP contribution in [0.2, 0.25) is 0 Å². The number of oxime groups is 1. The summed E-state index contributed by atoms with van der Waals surface area (Å²) in [4.78, 5) is 5.46. The maximum Gasteiger partial charge on any atom is 0.162 e. The van der Waals surface area contributed by atoms with Crippen LogP contribution < -0.4 is 0 Å². The van der Waals surface area contributed by atoms with Gasteiger partial charge in [-0.1, -0.05) is 49.7 Å². The molecule has 0 saturated carbocycles. The Morgan fingerprint density at radius 2 is 1.76 bits per heavy atom. The zero-order chi connectivity index (χ0) is 20.2. The number of rotatable bonds is 6. The van der Waals surface area contributed by atoms with Gasteiger partial charge in [-0.3, -0.25) is 0 Å². The lowest BCUT2D eigenvalue weighted by Gasteiger charge is -2.03. The van der Waals surface area contributed by atoms with E-state index in [1.54, 1.807) is 9.36 Å². The largest absolute Gasteiger partial charge is 0.389 e. The average molecular weight is 452 g/mol. The van der Waals surface area contributed by atoms with E-state index in [0.29, 0.717) is 17.1 Å². The highest BCUT2D eigenvalue weighted by molar-refractivity contribution is 9.10. The van der Waals surface area contributed by atoms with Gasteiger partial charge in [0, 0.05) is 4.47 Å². The van der Waals surface area contributed by atoms with E-state index in [2.05, 4.69) is 41.7 Å². The van der Waals surface area contributed by atoms with Crippen molar-refractivity contribution in [3.05, 3.63) is 82.3 Å². The third kappa shape index (κ3) is 4.24. The molecule has 2 aromatic heterocycles. The van der Waals surface area contributed by atoms with Gasteiger partial charge in [-0.05, 0) is 50.2 Å². The first-order chi connectivity index (χ1) is 14.1. The maximum absolute atomic E-state index is 5.46. The number of hydrogen-bond donors (Lipinski definition) is 0. The lowest BCUT2D eigenvalue weighted by atomic mass is 10.2. The van der Waals surface area contributed by atoms with E-state index in [1.807, 2.05) is 74.6 Å². The SMILES string of the molecule is CC(=NOCc1cn(-c2ccc(Br)cc2)nn1)c1nnn(-c2ccccc2)c1C. The molecule has 0 aliphatic heterocycles. The molecule has 0 atom stereocenters. The van der Waals surface area contributed by atoms with Gasteiger partial charge in [-0.15, -0.1) is 10.2 Å². The summed E-state index contributed by atoms with van der Waals surface area (Å²) in [5.74, 6) is 0. The third-order valence-electron chi connectivity index (χ3n) is 4.28. The number of benzene rings is 2. The molecule has 0 N–H and O–H groups in total. The van der Waals surface area contributed by atoms with Crippen molar-refractivity contribution in [3.63, 3.8) is 0 Å². The molecular formula is C20H18BrN7O. The van der Waals surface area contributed by atoms with Crippen LogP contribution in [0.4, 0.5) is 0 Å². The van der Waals surface area contributed by atoms with Gasteiger partial charge in [0.1, 0.15) is 17.1 Å². The predicted octanol–water partition coefficient (Wildman–Crippen LogP) is 3.86. The molecule has 4 rings (SSSR count). The van der Waals surface area contributed by atoms with Crippen molar-refractivity contribution in [2.45, 2.75) is 20.5 Å². The van der Waals surface area contributed by atoms with Gasteiger partial charge in [0.25, 0.3) is 0 Å². The quantitative estimate of drug-likeness (QED) is 0.328. The molecule has 29 heavy (non-hydrogen) atoms. The second kappa shape index (κ2) is 8.36. The molecule has 0 aliphatic carbocycles. The van der Waals surface area contributed by atoms with E-state index < -0.39 is 0 Å². The molecule has 8 nitrogen and oxygen atoms in total. The molecular weight excluding hydrogens is 434 g/mol. The van der Waals surface area contributed by atoms with Gasteiger partial charge in [-0.2, -0.15) is 0 Å². The lowest BCUT2D eigenvalue weighted by molar-refractivity contribution is 0.127. The number of halogens is 1. The van der Waals surface area contributed by atoms with E-state index in [0.717, 1.165) is 21.5 Å². The number of nitrogens with zero attached hydrogens (tertiary/aromatic N) is 7. The van der Waals surface area contributed by atoms with Crippen molar-refractivity contribution in [1.82, 2.24) is 30.0 Å². The summed E-state index contributed by atoms with van der Waals surface area (Å²) < 4.78 is 4.48. The van der Waals surface area contributed by atoms with Crippen LogP contribution in [0.25, 0.3) is 11.4 Å². The van der Waals surface area contributed by atoms with Crippen LogP contribution in [0.15, 0.2) is 70.4 Å². The number of para-hydroxylation sites is 1. The average Bonchev–Trinajstić information content (AvgIpc) is 3.36. The van der Waals surface area contributed by atoms with Gasteiger partial charge in [-0.25, -0.2) is 9.36 Å². The van der Waals surface area contributed by atoms with E-state index in [1.165, 1.54) is 0 Å². The summed E-state index contributed by atoms with van der Waals surface area (Å²) in [6.45, 7) is 4.00. The summed E-state index contributed by atoms with van der Waals surface area (Å²) in [5.41, 5.74) is 4.76. The first-order valence-electron chi connectivity index (χ1n) is 8.93. The predicted molar refractivity (Wildman–Crippen MR) is 112 cm³/mol. The Morgan fingerprint density at radius 3 is 2.52 bits per heavy atom. The normalized spacial score (nSPS) is 11.6. The highest BCUT2D eigenvalue weighted by Gasteiger charge is 2.13. The molecule has 2 aromatic carbocycles. The summed E-state index contributed by atoms with van der Waals surface area (Å²) in [6.07, 6.45) is 1.81. The third-order valence-corrected chi connectivity index (χ3v) is 4.81. The van der Waals surface area contributed by atoms with Crippen LogP contribution in [0.3, 0.4) is 0 Å². The molecule has 0 saturated heterocycles. The Hall–Kier alpha value is -3.33. The molecule has 0 radical (unpaired) electrons. The van der Waals surface area contributed by atoms with Crippen molar-refractivity contribution in [1.29, 1.82) is 0 Å². The summed E-state index contributed by atoms with van der Waals surface area (Å²) in [5, 5.41) is 20.9. The van der Waals surface area contributed by atoms with Crippen LogP contribution in [-0.4, -0.2) is 35.7 Å². The minimum absolute atomic E-state index is 0.208. The summed E-state index contributed by atoms with van der Waals surface area (Å²) in [6, 6.07) is 17.6. The fourth-order valence-corrected chi connectivity index (χ4v) is 3.07. The van der Waals surface area contributed by atoms with E-state index in [4.69, 9.17) is 4.84 Å². The van der Waals surface area contributed by atoms with Crippen LogP contribution in [0.1, 0.15) is 24.0 Å². The maximum atomic E-state index is 5.46. The second-order valence-electron chi connectivity index (χ2n) is 6.35. The number of hydrogen-bond acceptors (Lipinski definition) is 6. The standard InChI is InChI=1S/C20H18BrN7O/c1-14(20-15(2)28(26-23-20)19-6-4-3-5-7-19)24-29-13-17-12-27(25-22-17)18-10-8-16(21)9-11-18/h3-12H,13H2,1-2H3. The van der Waals surface area contributed by atoms with Gasteiger partial charge in [0.05, 0.1) is 23.3 Å². The second-order valence-corrected chi connectivity index (χ2v) is 7.27. The fraction of sp³-hybridized carbons (Fsp3) is 0.150. The highest BCUT2D eigenvalue weighted by atomic mass is 79.9. The van der Waals surface area contributed by atoms with Gasteiger partial charge >= 0.3 is 0 Å². The Kier molecular flexibility index (Phi) is 5.48. The monoisotopic (exact) mass is 451 g/mol. The molecule has 146 valence electrons. The highest BCUT2D eigenvalue weighted by Crippen LogP contribution is 2.14. The van der Waals surface area contributed by atoms with Gasteiger partial charge < -0.3 is 4.84 Å². The topological polar surface area (TPSA) is 83.0 Å². The Bertz CT molecular complexity index is 1130. The van der Waals surface area contributed by atoms with E-state index in [-0.39, 0.29) is 6.61 Å². The first-order valence-corrected chi connectivity index (χ1v) is 9.73. The Morgan fingerprint density at radius 1 is 1.00 bits per heavy atom. The zero-order valence-electron chi connectivity index (χ0n) is 15.9. The van der Waals surface area contributed by atoms with Gasteiger partial charge in [0.15, 0.2) is 6.61 Å². The Labute approximate surface area is 175 Å². The van der Waals surface area contributed by atoms with Crippen LogP contribution >= 0.6 is 15.9 Å². The van der Waals surface area contributed by atoms with Gasteiger partial charge in [0.2, 0.25) is 0 Å². The van der Waals surface area contributed by atoms with Crippen LogP contribution in [0, 0.1) is 6.92 Å². The zero-order valence-corrected chi connectivity index (χ0v) is 17.5. The van der Waals surface area contributed by atoms with Crippen molar-refractivity contribution in [2.24, 2.45) is 5.16 Å². The van der Waals surface area contributed by atoms with Crippen molar-refractivity contribution in [3.8, 4) is 11.4 Å². The van der Waals surface area contributed by atoms with Crippen LogP contribution in [0.5, 0.6) is 0 Å². The molecule has 0 bridgehead atoms. The molecule has 0 amide bonds. The van der Waals surface area contributed by atoms with Crippen molar-refractivity contribution < 1.29 is 4.84 Å². The molecule has 0 aliphatic rings. The summed E-state index contributed by atoms with van der Waals surface area (Å²) >= 11 is 3.42. The molecule has 0 fully saturated rings. The molecule has 0 spiro atoms. The lowest BCUT2D eigenvalue weighted by Crippen LogP contribution is -2.02. The molecule has 2 heterocycles. The first kappa shape index (κ1) is 19.0. The van der Waals surface area contributed by atoms with E-state index in [9.17, 15) is 0 Å². The molecule has 0 unspecified atom stereocenters. The fourth-order valence-electron chi connectivity index (χ4n) is 2.80. The van der Waals surface area contributed by atoms with Crippen LogP contribution in [-0.2, 0) is 11.4 Å². The minimum atomic E-state index is 0.208.